The third kappa shape index (κ3) is 5.96. The first-order valence-electron chi connectivity index (χ1n) is 11.9. The van der Waals surface area contributed by atoms with E-state index in [2.05, 4.69) is 10.2 Å². The minimum absolute atomic E-state index is 0. The maximum Gasteiger partial charge on any atom is 0.414 e. The molecule has 0 aromatic heterocycles. The van der Waals surface area contributed by atoms with Gasteiger partial charge in [-0.05, 0) is 43.2 Å². The minimum atomic E-state index is -0.347. The van der Waals surface area contributed by atoms with E-state index in [1.807, 2.05) is 30.3 Å². The molecule has 2 heterocycles. The van der Waals surface area contributed by atoms with Crippen LogP contribution in [0.25, 0.3) is 0 Å². The molecule has 3 aromatic carbocycles. The predicted octanol–water partition coefficient (Wildman–Crippen LogP) is 5.55. The maximum absolute atomic E-state index is 12.9. The van der Waals surface area contributed by atoms with Crippen LogP contribution >= 0.6 is 24.0 Å². The predicted molar refractivity (Wildman–Crippen MR) is 146 cm³/mol. The highest BCUT2D eigenvalue weighted by Crippen LogP contribution is 2.33. The van der Waals surface area contributed by atoms with Crippen molar-refractivity contribution in [3.63, 3.8) is 0 Å². The molecule has 192 valence electrons. The molecule has 37 heavy (non-hydrogen) atoms. The zero-order chi connectivity index (χ0) is 25.1. The molecule has 0 aliphatic carbocycles. The van der Waals surface area contributed by atoms with Crippen LogP contribution in [0.2, 0.25) is 5.02 Å². The van der Waals surface area contributed by atoms with Crippen LogP contribution in [0.3, 0.4) is 0 Å². The number of rotatable bonds is 6. The summed E-state index contributed by atoms with van der Waals surface area (Å²) in [6.07, 6.45) is 1.09. The molecule has 2 aliphatic rings. The van der Waals surface area contributed by atoms with Crippen molar-refractivity contribution in [3.05, 3.63) is 94.5 Å². The molecule has 3 aromatic rings. The van der Waals surface area contributed by atoms with Crippen LogP contribution in [0, 0.1) is 0 Å². The van der Waals surface area contributed by atoms with Crippen molar-refractivity contribution in [1.29, 1.82) is 0 Å². The number of piperidine rings is 1. The molecule has 1 N–H and O–H groups in total. The number of halogens is 2. The maximum atomic E-state index is 12.9. The van der Waals surface area contributed by atoms with E-state index < -0.39 is 0 Å². The minimum Gasteiger partial charge on any atom is -0.444 e. The van der Waals surface area contributed by atoms with Gasteiger partial charge in [-0.2, -0.15) is 0 Å². The molecule has 0 saturated carbocycles. The number of likely N-dealkylation sites (tertiary alicyclic amines) is 1. The standard InChI is InChI=1S/C28H26ClN3O4.ClH/c29-21-10-11-25-20(16-21)18-36-28(35)32(25)22-12-14-31(15-13-22)17-26(33)30-24-9-5-4-8-23(24)27(34)19-6-2-1-3-7-19;/h1-11,16,22H,12-15,17-18H2,(H,30,33);1H. The van der Waals surface area contributed by atoms with Gasteiger partial charge in [0.1, 0.15) is 6.61 Å². The first-order chi connectivity index (χ1) is 17.5. The lowest BCUT2D eigenvalue weighted by Crippen LogP contribution is -2.50. The zero-order valence-electron chi connectivity index (χ0n) is 20.1. The van der Waals surface area contributed by atoms with E-state index >= 15 is 0 Å². The Balaban J connectivity index is 0.00000320. The largest absolute Gasteiger partial charge is 0.444 e. The highest BCUT2D eigenvalue weighted by molar-refractivity contribution is 6.30. The van der Waals surface area contributed by atoms with E-state index in [1.54, 1.807) is 47.4 Å². The van der Waals surface area contributed by atoms with Crippen LogP contribution in [-0.2, 0) is 16.1 Å². The SMILES string of the molecule is Cl.O=C(CN1CCC(N2C(=O)OCc3cc(Cl)ccc32)CC1)Nc1ccccc1C(=O)c1ccccc1. The van der Waals surface area contributed by atoms with Crippen LogP contribution in [0.5, 0.6) is 0 Å². The van der Waals surface area contributed by atoms with Crippen molar-refractivity contribution in [2.24, 2.45) is 0 Å². The number of fused-ring (bicyclic) bond motifs is 1. The number of nitrogens with zero attached hydrogens (tertiary/aromatic N) is 2. The lowest BCUT2D eigenvalue weighted by Gasteiger charge is -2.40. The van der Waals surface area contributed by atoms with Gasteiger partial charge >= 0.3 is 6.09 Å². The number of cyclic esters (lactones) is 1. The molecule has 1 saturated heterocycles. The Bertz CT molecular complexity index is 1290. The summed E-state index contributed by atoms with van der Waals surface area (Å²) in [6, 6.07) is 21.5. The van der Waals surface area contributed by atoms with Gasteiger partial charge in [0, 0.05) is 40.8 Å². The van der Waals surface area contributed by atoms with Crippen LogP contribution in [0.15, 0.2) is 72.8 Å². The first kappa shape index (κ1) is 26.7. The van der Waals surface area contributed by atoms with Gasteiger partial charge in [-0.25, -0.2) is 4.79 Å². The first-order valence-corrected chi connectivity index (χ1v) is 12.3. The van der Waals surface area contributed by atoms with Gasteiger partial charge in [0.2, 0.25) is 5.91 Å². The number of nitrogens with one attached hydrogen (secondary N) is 1. The third-order valence-electron chi connectivity index (χ3n) is 6.62. The number of ketones is 1. The summed E-state index contributed by atoms with van der Waals surface area (Å²) in [5.74, 6) is -0.318. The highest BCUT2D eigenvalue weighted by Gasteiger charge is 2.34. The molecule has 0 atom stereocenters. The van der Waals surface area contributed by atoms with Gasteiger partial charge in [-0.15, -0.1) is 12.4 Å². The van der Waals surface area contributed by atoms with Crippen molar-refractivity contribution in [3.8, 4) is 0 Å². The number of hydrogen-bond acceptors (Lipinski definition) is 5. The molecule has 2 aliphatic heterocycles. The third-order valence-corrected chi connectivity index (χ3v) is 6.86. The van der Waals surface area contributed by atoms with E-state index in [0.29, 0.717) is 47.8 Å². The lowest BCUT2D eigenvalue weighted by atomic mass is 10.0. The molecular weight excluding hydrogens is 513 g/mol. The number of hydrogen-bond donors (Lipinski definition) is 1. The number of carbonyl (C=O) groups excluding carboxylic acids is 3. The molecule has 0 unspecified atom stereocenters. The summed E-state index contributed by atoms with van der Waals surface area (Å²) in [5.41, 5.74) is 3.26. The van der Waals surface area contributed by atoms with Gasteiger partial charge < -0.3 is 10.1 Å². The Morgan fingerprint density at radius 3 is 2.43 bits per heavy atom. The van der Waals surface area contributed by atoms with E-state index in [0.717, 1.165) is 11.3 Å². The number of anilines is 2. The number of benzene rings is 3. The number of amides is 2. The van der Waals surface area contributed by atoms with Crippen molar-refractivity contribution >= 4 is 53.2 Å². The smallest absolute Gasteiger partial charge is 0.414 e. The quantitative estimate of drug-likeness (QED) is 0.415. The summed E-state index contributed by atoms with van der Waals surface area (Å²) in [4.78, 5) is 42.1. The summed E-state index contributed by atoms with van der Waals surface area (Å²) in [6.45, 7) is 1.75. The van der Waals surface area contributed by atoms with E-state index in [4.69, 9.17) is 16.3 Å². The van der Waals surface area contributed by atoms with Crippen LogP contribution in [0.4, 0.5) is 16.2 Å². The molecule has 9 heteroatoms. The normalized spacial score (nSPS) is 15.8. The average molecular weight is 540 g/mol. The second-order valence-electron chi connectivity index (χ2n) is 8.99. The Labute approximate surface area is 226 Å². The van der Waals surface area contributed by atoms with Crippen molar-refractivity contribution in [2.75, 3.05) is 29.9 Å². The monoisotopic (exact) mass is 539 g/mol. The lowest BCUT2D eigenvalue weighted by molar-refractivity contribution is -0.117. The van der Waals surface area contributed by atoms with E-state index in [9.17, 15) is 14.4 Å². The second-order valence-corrected chi connectivity index (χ2v) is 9.43. The molecule has 1 fully saturated rings. The molecule has 0 spiro atoms. The zero-order valence-corrected chi connectivity index (χ0v) is 21.6. The Morgan fingerprint density at radius 1 is 0.973 bits per heavy atom. The molecule has 2 amide bonds. The van der Waals surface area contributed by atoms with Gasteiger partial charge in [-0.3, -0.25) is 19.4 Å². The summed E-state index contributed by atoms with van der Waals surface area (Å²) >= 11 is 6.11. The van der Waals surface area contributed by atoms with Crippen molar-refractivity contribution in [1.82, 2.24) is 4.90 Å². The molecule has 7 nitrogen and oxygen atoms in total. The Hall–Kier alpha value is -3.39. The molecule has 0 bridgehead atoms. The number of ether oxygens (including phenoxy) is 1. The van der Waals surface area contributed by atoms with E-state index in [-0.39, 0.29) is 49.4 Å². The van der Waals surface area contributed by atoms with Crippen LogP contribution in [-0.4, -0.2) is 48.4 Å². The fraction of sp³-hybridized carbons (Fsp3) is 0.250. The van der Waals surface area contributed by atoms with Gasteiger partial charge in [-0.1, -0.05) is 54.1 Å². The van der Waals surface area contributed by atoms with Gasteiger partial charge in [0.25, 0.3) is 0 Å². The summed E-state index contributed by atoms with van der Waals surface area (Å²) < 4.78 is 5.37. The highest BCUT2D eigenvalue weighted by atomic mass is 35.5. The number of para-hydroxylation sites is 1. The second kappa shape index (κ2) is 11.8. The molecular formula is C28H27Cl2N3O4. The van der Waals surface area contributed by atoms with Crippen LogP contribution in [0.1, 0.15) is 34.3 Å². The van der Waals surface area contributed by atoms with Crippen molar-refractivity contribution < 1.29 is 19.1 Å². The fourth-order valence-electron chi connectivity index (χ4n) is 4.82. The molecule has 5 rings (SSSR count). The Kier molecular flexibility index (Phi) is 8.48. The van der Waals surface area contributed by atoms with Crippen molar-refractivity contribution in [2.45, 2.75) is 25.5 Å². The summed E-state index contributed by atoms with van der Waals surface area (Å²) in [7, 11) is 0. The number of carbonyl (C=O) groups is 3. The van der Waals surface area contributed by atoms with Gasteiger partial charge in [0.15, 0.2) is 5.78 Å². The average Bonchev–Trinajstić information content (AvgIpc) is 2.90. The fourth-order valence-corrected chi connectivity index (χ4v) is 5.02. The summed E-state index contributed by atoms with van der Waals surface area (Å²) in [5, 5.41) is 3.52. The van der Waals surface area contributed by atoms with Crippen LogP contribution < -0.4 is 10.2 Å². The Morgan fingerprint density at radius 2 is 1.68 bits per heavy atom. The topological polar surface area (TPSA) is 79.0 Å². The van der Waals surface area contributed by atoms with Gasteiger partial charge in [0.05, 0.1) is 17.9 Å². The molecule has 0 radical (unpaired) electrons. The van der Waals surface area contributed by atoms with E-state index in [1.165, 1.54) is 0 Å².